The molecule has 5 heteroatoms. The van der Waals surface area contributed by atoms with E-state index in [0.29, 0.717) is 33.2 Å². The number of nitrogens with zero attached hydrogens (tertiary/aromatic N) is 1. The summed E-state index contributed by atoms with van der Waals surface area (Å²) in [5.74, 6) is -0.451. The van der Waals surface area contributed by atoms with Gasteiger partial charge in [0.05, 0.1) is 28.9 Å². The molecule has 112 valence electrons. The van der Waals surface area contributed by atoms with Gasteiger partial charge in [-0.3, -0.25) is 9.78 Å². The molecule has 1 N–H and O–H groups in total. The maximum absolute atomic E-state index is 12.4. The van der Waals surface area contributed by atoms with E-state index in [4.69, 9.17) is 4.74 Å². The first kappa shape index (κ1) is 14.3. The molecule has 0 saturated carbocycles. The fourth-order valence-corrected chi connectivity index (χ4v) is 2.85. The summed E-state index contributed by atoms with van der Waals surface area (Å²) in [5.41, 5.74) is 1.98. The maximum Gasteiger partial charge on any atom is 0.340 e. The van der Waals surface area contributed by atoms with Crippen LogP contribution in [0.4, 0.5) is 0 Å². The van der Waals surface area contributed by atoms with Crippen molar-refractivity contribution in [2.24, 2.45) is 0 Å². The number of carbonyl (C=O) groups is 1. The Morgan fingerprint density at radius 3 is 2.64 bits per heavy atom. The molecule has 2 heterocycles. The summed E-state index contributed by atoms with van der Waals surface area (Å²) < 4.78 is 5.15. The van der Waals surface area contributed by atoms with Gasteiger partial charge in [0.2, 0.25) is 0 Å². The van der Waals surface area contributed by atoms with Gasteiger partial charge in [-0.15, -0.1) is 0 Å². The Bertz CT molecular complexity index is 957. The molecular weight excluding hydrogens is 280 g/mol. The van der Waals surface area contributed by atoms with E-state index >= 15 is 0 Å². The Kier molecular flexibility index (Phi) is 3.41. The molecule has 0 spiro atoms. The smallest absolute Gasteiger partial charge is 0.340 e. The average molecular weight is 296 g/mol. The van der Waals surface area contributed by atoms with Crippen molar-refractivity contribution < 1.29 is 9.53 Å². The number of aromatic amines is 1. The second-order valence-corrected chi connectivity index (χ2v) is 5.13. The van der Waals surface area contributed by atoms with E-state index in [0.717, 1.165) is 5.39 Å². The van der Waals surface area contributed by atoms with Gasteiger partial charge in [-0.05, 0) is 26.8 Å². The molecule has 0 unspecified atom stereocenters. The minimum Gasteiger partial charge on any atom is -0.462 e. The fourth-order valence-electron chi connectivity index (χ4n) is 2.85. The fraction of sp³-hybridized carbons (Fsp3) is 0.235. The van der Waals surface area contributed by atoms with Crippen molar-refractivity contribution in [2.45, 2.75) is 20.8 Å². The molecule has 0 amide bonds. The standard InChI is InChI=1S/C17H16N2O3/c1-4-22-17(21)14-10(3)18-9(2)13-15(14)11-7-5-6-8-12(11)19-16(13)20/h5-8H,4H2,1-3H3,(H,19,20). The van der Waals surface area contributed by atoms with Gasteiger partial charge in [0.1, 0.15) is 0 Å². The molecule has 0 radical (unpaired) electrons. The van der Waals surface area contributed by atoms with Crippen LogP contribution in [0.1, 0.15) is 28.7 Å². The van der Waals surface area contributed by atoms with E-state index < -0.39 is 5.97 Å². The molecule has 2 aromatic heterocycles. The van der Waals surface area contributed by atoms with Crippen molar-refractivity contribution in [1.29, 1.82) is 0 Å². The lowest BCUT2D eigenvalue weighted by Gasteiger charge is -2.13. The zero-order valence-electron chi connectivity index (χ0n) is 12.7. The van der Waals surface area contributed by atoms with Crippen molar-refractivity contribution in [3.63, 3.8) is 0 Å². The first-order chi connectivity index (χ1) is 10.5. The average Bonchev–Trinajstić information content (AvgIpc) is 2.46. The summed E-state index contributed by atoms with van der Waals surface area (Å²) in [7, 11) is 0. The van der Waals surface area contributed by atoms with Gasteiger partial charge in [0, 0.05) is 16.3 Å². The molecule has 0 aliphatic carbocycles. The number of fused-ring (bicyclic) bond motifs is 3. The molecule has 0 aliphatic rings. The molecule has 0 saturated heterocycles. The summed E-state index contributed by atoms with van der Waals surface area (Å²) in [6, 6.07) is 7.42. The Morgan fingerprint density at radius 1 is 1.18 bits per heavy atom. The Morgan fingerprint density at radius 2 is 1.91 bits per heavy atom. The second-order valence-electron chi connectivity index (χ2n) is 5.13. The van der Waals surface area contributed by atoms with Crippen LogP contribution in [0.3, 0.4) is 0 Å². The number of benzene rings is 1. The molecule has 0 atom stereocenters. The Labute approximate surface area is 126 Å². The lowest BCUT2D eigenvalue weighted by molar-refractivity contribution is 0.0527. The number of H-pyrrole nitrogens is 1. The third kappa shape index (κ3) is 2.06. The molecule has 0 aliphatic heterocycles. The number of aromatic nitrogens is 2. The van der Waals surface area contributed by atoms with Crippen molar-refractivity contribution >= 4 is 27.6 Å². The van der Waals surface area contributed by atoms with E-state index in [-0.39, 0.29) is 12.2 Å². The summed E-state index contributed by atoms with van der Waals surface area (Å²) in [4.78, 5) is 32.0. The van der Waals surface area contributed by atoms with Gasteiger partial charge >= 0.3 is 5.97 Å². The van der Waals surface area contributed by atoms with Crippen molar-refractivity contribution in [3.8, 4) is 0 Å². The molecular formula is C17H16N2O3. The number of nitrogens with one attached hydrogen (secondary N) is 1. The number of hydrogen-bond donors (Lipinski definition) is 1. The van der Waals surface area contributed by atoms with Crippen LogP contribution in [0, 0.1) is 13.8 Å². The zero-order chi connectivity index (χ0) is 15.9. The number of pyridine rings is 2. The molecule has 0 bridgehead atoms. The SMILES string of the molecule is CCOC(=O)c1c(C)nc(C)c2c(=O)[nH]c3ccccc3c12. The number of carbonyl (C=O) groups excluding carboxylic acids is 1. The molecule has 1 aromatic carbocycles. The van der Waals surface area contributed by atoms with Gasteiger partial charge in [-0.25, -0.2) is 4.79 Å². The summed E-state index contributed by atoms with van der Waals surface area (Å²) in [6.45, 7) is 5.56. The van der Waals surface area contributed by atoms with Crippen LogP contribution in [-0.4, -0.2) is 22.5 Å². The van der Waals surface area contributed by atoms with E-state index in [1.165, 1.54) is 0 Å². The number of esters is 1. The predicted molar refractivity (Wildman–Crippen MR) is 85.3 cm³/mol. The second kappa shape index (κ2) is 5.26. The Balaban J connectivity index is 2.59. The minimum absolute atomic E-state index is 0.246. The molecule has 5 nitrogen and oxygen atoms in total. The van der Waals surface area contributed by atoms with Crippen LogP contribution in [-0.2, 0) is 4.74 Å². The van der Waals surface area contributed by atoms with Crippen LogP contribution >= 0.6 is 0 Å². The highest BCUT2D eigenvalue weighted by molar-refractivity contribution is 6.16. The highest BCUT2D eigenvalue weighted by Gasteiger charge is 2.21. The predicted octanol–water partition coefficient (Wildman–Crippen LogP) is 2.87. The number of para-hydroxylation sites is 1. The highest BCUT2D eigenvalue weighted by Crippen LogP contribution is 2.28. The monoisotopic (exact) mass is 296 g/mol. The summed E-state index contributed by atoms with van der Waals surface area (Å²) in [6.07, 6.45) is 0. The summed E-state index contributed by atoms with van der Waals surface area (Å²) >= 11 is 0. The van der Waals surface area contributed by atoms with Gasteiger partial charge in [-0.2, -0.15) is 0 Å². The van der Waals surface area contributed by atoms with Crippen molar-refractivity contribution in [1.82, 2.24) is 9.97 Å². The lowest BCUT2D eigenvalue weighted by Crippen LogP contribution is -2.15. The third-order valence-electron chi connectivity index (χ3n) is 3.71. The van der Waals surface area contributed by atoms with E-state index in [1.54, 1.807) is 20.8 Å². The Hall–Kier alpha value is -2.69. The van der Waals surface area contributed by atoms with Crippen molar-refractivity contribution in [2.75, 3.05) is 6.61 Å². The molecule has 3 aromatic rings. The largest absolute Gasteiger partial charge is 0.462 e. The molecule has 22 heavy (non-hydrogen) atoms. The first-order valence-electron chi connectivity index (χ1n) is 7.13. The number of rotatable bonds is 2. The lowest BCUT2D eigenvalue weighted by atomic mass is 9.99. The molecule has 0 fully saturated rings. The normalized spacial score (nSPS) is 11.0. The van der Waals surface area contributed by atoms with Gasteiger partial charge in [0.25, 0.3) is 5.56 Å². The van der Waals surface area contributed by atoms with Crippen LogP contribution in [0.5, 0.6) is 0 Å². The number of aryl methyl sites for hydroxylation is 2. The van der Waals surface area contributed by atoms with E-state index in [2.05, 4.69) is 9.97 Å². The van der Waals surface area contributed by atoms with Gasteiger partial charge < -0.3 is 9.72 Å². The van der Waals surface area contributed by atoms with Crippen LogP contribution < -0.4 is 5.56 Å². The summed E-state index contributed by atoms with van der Waals surface area (Å²) in [5, 5.41) is 1.86. The van der Waals surface area contributed by atoms with Crippen LogP contribution in [0.15, 0.2) is 29.1 Å². The first-order valence-corrected chi connectivity index (χ1v) is 7.13. The quantitative estimate of drug-likeness (QED) is 0.583. The van der Waals surface area contributed by atoms with Crippen LogP contribution in [0.2, 0.25) is 0 Å². The molecule has 3 rings (SSSR count). The number of hydrogen-bond acceptors (Lipinski definition) is 4. The number of ether oxygens (including phenoxy) is 1. The third-order valence-corrected chi connectivity index (χ3v) is 3.71. The van der Waals surface area contributed by atoms with Gasteiger partial charge in [0.15, 0.2) is 0 Å². The van der Waals surface area contributed by atoms with E-state index in [1.807, 2.05) is 24.3 Å². The topological polar surface area (TPSA) is 72.0 Å². The van der Waals surface area contributed by atoms with Gasteiger partial charge in [-0.1, -0.05) is 18.2 Å². The van der Waals surface area contributed by atoms with E-state index in [9.17, 15) is 9.59 Å². The highest BCUT2D eigenvalue weighted by atomic mass is 16.5. The van der Waals surface area contributed by atoms with Crippen molar-refractivity contribution in [3.05, 3.63) is 51.6 Å². The minimum atomic E-state index is -0.451. The maximum atomic E-state index is 12.4. The zero-order valence-corrected chi connectivity index (χ0v) is 12.7. The van der Waals surface area contributed by atoms with Crippen LogP contribution in [0.25, 0.3) is 21.7 Å².